The molecule has 1 aliphatic heterocycles. The van der Waals surface area contributed by atoms with E-state index in [4.69, 9.17) is 15.5 Å². The molecule has 2 aromatic rings. The third-order valence-electron chi connectivity index (χ3n) is 4.28. The molecule has 0 saturated heterocycles. The first-order valence-electron chi connectivity index (χ1n) is 8.38. The van der Waals surface area contributed by atoms with E-state index in [2.05, 4.69) is 0 Å². The lowest BCUT2D eigenvalue weighted by atomic mass is 10.1. The third-order valence-corrected chi connectivity index (χ3v) is 4.28. The molecule has 2 heterocycles. The Balaban J connectivity index is 2.17. The number of fused-ring (bicyclic) bond motifs is 1. The van der Waals surface area contributed by atoms with Crippen LogP contribution in [0.15, 0.2) is 29.1 Å². The molecule has 3 rings (SSSR count). The molecule has 0 amide bonds. The lowest BCUT2D eigenvalue weighted by Crippen LogP contribution is -2.36. The first kappa shape index (κ1) is 16.5. The normalized spacial score (nSPS) is 15.1. The summed E-state index contributed by atoms with van der Waals surface area (Å²) in [5.41, 5.74) is 7.62. The van der Waals surface area contributed by atoms with Gasteiger partial charge in [0, 0.05) is 13.6 Å². The van der Waals surface area contributed by atoms with Crippen molar-refractivity contribution in [3.63, 3.8) is 0 Å². The second-order valence-corrected chi connectivity index (χ2v) is 6.15. The van der Waals surface area contributed by atoms with E-state index in [-0.39, 0.29) is 11.6 Å². The van der Waals surface area contributed by atoms with Crippen LogP contribution in [0.1, 0.15) is 37.7 Å². The van der Waals surface area contributed by atoms with Gasteiger partial charge in [-0.1, -0.05) is 0 Å². The molecule has 1 aliphatic rings. The van der Waals surface area contributed by atoms with Gasteiger partial charge in [-0.15, -0.1) is 0 Å². The minimum Gasteiger partial charge on any atom is -0.494 e. The summed E-state index contributed by atoms with van der Waals surface area (Å²) >= 11 is 0. The van der Waals surface area contributed by atoms with Crippen LogP contribution in [0.25, 0.3) is 5.69 Å². The van der Waals surface area contributed by atoms with Crippen LogP contribution < -0.4 is 20.9 Å². The molecule has 24 heavy (non-hydrogen) atoms. The standard InChI is InChI=1S/C18H24N4O2/c1-4-24-14-9-7-13(8-10-14)22-16(12(2)19)20-17-15(18(22)23)6-5-11-21(17)3/h7-10,12H,4-6,11,19H2,1-3H3/t12-/m1/s1. The van der Waals surface area contributed by atoms with Crippen LogP contribution in [0.3, 0.4) is 0 Å². The summed E-state index contributed by atoms with van der Waals surface area (Å²) in [6.07, 6.45) is 1.71. The van der Waals surface area contributed by atoms with E-state index >= 15 is 0 Å². The molecule has 0 radical (unpaired) electrons. The molecule has 0 bridgehead atoms. The predicted octanol–water partition coefficient (Wildman–Crippen LogP) is 2.03. The number of hydrogen-bond acceptors (Lipinski definition) is 5. The molecule has 1 atom stereocenters. The van der Waals surface area contributed by atoms with Crippen LogP contribution in [0.4, 0.5) is 5.82 Å². The second-order valence-electron chi connectivity index (χ2n) is 6.15. The average molecular weight is 328 g/mol. The molecule has 2 N–H and O–H groups in total. The highest BCUT2D eigenvalue weighted by molar-refractivity contribution is 5.50. The van der Waals surface area contributed by atoms with E-state index in [0.29, 0.717) is 12.4 Å². The van der Waals surface area contributed by atoms with Crippen molar-refractivity contribution >= 4 is 5.82 Å². The number of aromatic nitrogens is 2. The summed E-state index contributed by atoms with van der Waals surface area (Å²) in [4.78, 5) is 19.9. The Morgan fingerprint density at radius 1 is 1.33 bits per heavy atom. The smallest absolute Gasteiger partial charge is 0.263 e. The van der Waals surface area contributed by atoms with Crippen molar-refractivity contribution in [2.45, 2.75) is 32.7 Å². The fourth-order valence-corrected chi connectivity index (χ4v) is 3.11. The number of benzene rings is 1. The maximum Gasteiger partial charge on any atom is 0.263 e. The van der Waals surface area contributed by atoms with Gasteiger partial charge in [0.2, 0.25) is 0 Å². The number of ether oxygens (including phenoxy) is 1. The Bertz CT molecular complexity index is 781. The molecule has 128 valence electrons. The van der Waals surface area contributed by atoms with E-state index in [1.54, 1.807) is 4.57 Å². The summed E-state index contributed by atoms with van der Waals surface area (Å²) in [7, 11) is 1.97. The zero-order chi connectivity index (χ0) is 17.3. The molecular formula is C18H24N4O2. The van der Waals surface area contributed by atoms with Gasteiger partial charge < -0.3 is 15.4 Å². The topological polar surface area (TPSA) is 73.4 Å². The molecule has 0 fully saturated rings. The van der Waals surface area contributed by atoms with Gasteiger partial charge in [-0.25, -0.2) is 4.98 Å². The number of rotatable bonds is 4. The summed E-state index contributed by atoms with van der Waals surface area (Å²) in [5.74, 6) is 2.12. The Morgan fingerprint density at radius 3 is 2.67 bits per heavy atom. The van der Waals surface area contributed by atoms with Crippen molar-refractivity contribution < 1.29 is 4.74 Å². The highest BCUT2D eigenvalue weighted by atomic mass is 16.5. The number of anilines is 1. The van der Waals surface area contributed by atoms with Crippen molar-refractivity contribution in [2.24, 2.45) is 5.73 Å². The van der Waals surface area contributed by atoms with Crippen LogP contribution >= 0.6 is 0 Å². The lowest BCUT2D eigenvalue weighted by molar-refractivity contribution is 0.340. The fraction of sp³-hybridized carbons (Fsp3) is 0.444. The zero-order valence-electron chi connectivity index (χ0n) is 14.5. The zero-order valence-corrected chi connectivity index (χ0v) is 14.5. The van der Waals surface area contributed by atoms with Gasteiger partial charge in [-0.2, -0.15) is 0 Å². The SMILES string of the molecule is CCOc1ccc(-n2c([C@@H](C)N)nc3c(c2=O)CCCN3C)cc1. The molecule has 6 heteroatoms. The lowest BCUT2D eigenvalue weighted by Gasteiger charge is -2.28. The van der Waals surface area contributed by atoms with Gasteiger partial charge in [-0.05, 0) is 51.0 Å². The fourth-order valence-electron chi connectivity index (χ4n) is 3.11. The highest BCUT2D eigenvalue weighted by Crippen LogP contribution is 2.24. The predicted molar refractivity (Wildman–Crippen MR) is 95.2 cm³/mol. The van der Waals surface area contributed by atoms with Gasteiger partial charge in [0.05, 0.1) is 23.9 Å². The maximum atomic E-state index is 13.1. The summed E-state index contributed by atoms with van der Waals surface area (Å²) in [6, 6.07) is 7.13. The van der Waals surface area contributed by atoms with Gasteiger partial charge in [0.25, 0.3) is 5.56 Å². The monoisotopic (exact) mass is 328 g/mol. The van der Waals surface area contributed by atoms with E-state index in [9.17, 15) is 4.79 Å². The first-order chi connectivity index (χ1) is 11.5. The van der Waals surface area contributed by atoms with Gasteiger partial charge in [-0.3, -0.25) is 9.36 Å². The molecule has 0 saturated carbocycles. The minimum absolute atomic E-state index is 0.0250. The molecule has 0 unspecified atom stereocenters. The van der Waals surface area contributed by atoms with Crippen LogP contribution in [-0.4, -0.2) is 29.8 Å². The van der Waals surface area contributed by atoms with E-state index in [0.717, 1.165) is 42.2 Å². The largest absolute Gasteiger partial charge is 0.494 e. The molecule has 1 aromatic carbocycles. The van der Waals surface area contributed by atoms with Crippen molar-refractivity contribution in [3.05, 3.63) is 46.0 Å². The van der Waals surface area contributed by atoms with Crippen LogP contribution in [0, 0.1) is 0 Å². The van der Waals surface area contributed by atoms with Crippen molar-refractivity contribution in [3.8, 4) is 11.4 Å². The summed E-state index contributed by atoms with van der Waals surface area (Å²) in [5, 5.41) is 0. The molecule has 1 aromatic heterocycles. The highest BCUT2D eigenvalue weighted by Gasteiger charge is 2.24. The number of nitrogens with two attached hydrogens (primary N) is 1. The number of hydrogen-bond donors (Lipinski definition) is 1. The van der Waals surface area contributed by atoms with Crippen LogP contribution in [-0.2, 0) is 6.42 Å². The summed E-state index contributed by atoms with van der Waals surface area (Å²) in [6.45, 7) is 5.31. The Morgan fingerprint density at radius 2 is 2.04 bits per heavy atom. The molecule has 0 spiro atoms. The number of nitrogens with zero attached hydrogens (tertiary/aromatic N) is 3. The second kappa shape index (κ2) is 6.65. The Kier molecular flexibility index (Phi) is 4.57. The van der Waals surface area contributed by atoms with Crippen molar-refractivity contribution in [1.82, 2.24) is 9.55 Å². The third kappa shape index (κ3) is 2.89. The van der Waals surface area contributed by atoms with Crippen LogP contribution in [0.2, 0.25) is 0 Å². The summed E-state index contributed by atoms with van der Waals surface area (Å²) < 4.78 is 7.11. The first-order valence-corrected chi connectivity index (χ1v) is 8.38. The van der Waals surface area contributed by atoms with Crippen molar-refractivity contribution in [2.75, 3.05) is 25.1 Å². The molecule has 6 nitrogen and oxygen atoms in total. The van der Waals surface area contributed by atoms with Gasteiger partial charge >= 0.3 is 0 Å². The van der Waals surface area contributed by atoms with E-state index < -0.39 is 0 Å². The van der Waals surface area contributed by atoms with E-state index in [1.807, 2.05) is 50.1 Å². The quantitative estimate of drug-likeness (QED) is 0.930. The Labute approximate surface area is 141 Å². The van der Waals surface area contributed by atoms with Crippen molar-refractivity contribution in [1.29, 1.82) is 0 Å². The van der Waals surface area contributed by atoms with Gasteiger partial charge in [0.1, 0.15) is 17.4 Å². The van der Waals surface area contributed by atoms with E-state index in [1.165, 1.54) is 0 Å². The average Bonchev–Trinajstić information content (AvgIpc) is 2.56. The Hall–Kier alpha value is -2.34. The van der Waals surface area contributed by atoms with Gasteiger partial charge in [0.15, 0.2) is 0 Å². The van der Waals surface area contributed by atoms with Crippen LogP contribution in [0.5, 0.6) is 5.75 Å². The maximum absolute atomic E-state index is 13.1. The molecule has 0 aliphatic carbocycles. The minimum atomic E-state index is -0.343. The molecular weight excluding hydrogens is 304 g/mol.